The standard InChI is InChI=1S/C72H119NO10/c1-4-7-10-13-16-19-22-24-26-28-30-32-34-35-37-39-41-44-47-50-53-56-59-65(76)71(80)73-63(64(75)58-55-52-49-46-43-21-18-15-12-9-6-3)62-81-72-70(69(79)68(78)66(61-74)82-72)83-67(77)60-57-54-51-48-45-42-40-38-36-33-31-29-27-25-23-20-17-14-11-8-5-2/h7-8,10-11,16-17,19-20,24-27,30-33,35,37-38,40,55,58,63-66,68-70,72,74-76,78-79H,4-6,9,12-15,18,21-23,28-29,34,36,39,41-54,56-57,59-62H2,1-3H3,(H,73,80)/b10-7-,11-8-,19-16-,20-17-,26-24-,27-25-,32-30-,33-31-,37-35-,40-38-,58-55+. The number of rotatable bonds is 54. The van der Waals surface area contributed by atoms with Crippen molar-refractivity contribution in [2.24, 2.45) is 0 Å². The number of hydrogen-bond donors (Lipinski definition) is 6. The second-order valence-corrected chi connectivity index (χ2v) is 22.1. The number of nitrogens with one attached hydrogen (secondary N) is 1. The highest BCUT2D eigenvalue weighted by Gasteiger charge is 2.47. The molecule has 6 N–H and O–H groups in total. The minimum Gasteiger partial charge on any atom is -0.454 e. The van der Waals surface area contributed by atoms with Crippen LogP contribution in [0.1, 0.15) is 245 Å². The van der Waals surface area contributed by atoms with Crippen molar-refractivity contribution < 1.29 is 49.3 Å². The van der Waals surface area contributed by atoms with Crippen LogP contribution in [0, 0.1) is 0 Å². The Balaban J connectivity index is 2.65. The quantitative estimate of drug-likeness (QED) is 0.0195. The Bertz CT molecular complexity index is 1860. The Morgan fingerprint density at radius 3 is 1.30 bits per heavy atom. The average Bonchev–Trinajstić information content (AvgIpc) is 3.52. The molecule has 1 saturated heterocycles. The monoisotopic (exact) mass is 1160 g/mol. The van der Waals surface area contributed by atoms with Crippen LogP contribution in [0.15, 0.2) is 134 Å². The zero-order chi connectivity index (χ0) is 60.3. The maximum absolute atomic E-state index is 13.5. The Labute approximate surface area is 505 Å². The van der Waals surface area contributed by atoms with E-state index in [1.165, 1.54) is 38.5 Å². The lowest BCUT2D eigenvalue weighted by Gasteiger charge is -2.41. The first-order valence-corrected chi connectivity index (χ1v) is 33.0. The molecule has 1 rings (SSSR count). The molecule has 0 aromatic rings. The fourth-order valence-electron chi connectivity index (χ4n) is 9.41. The molecule has 1 aliphatic rings. The highest BCUT2D eigenvalue weighted by molar-refractivity contribution is 5.80. The van der Waals surface area contributed by atoms with Crippen molar-refractivity contribution in [3.63, 3.8) is 0 Å². The number of aliphatic hydroxyl groups excluding tert-OH is 5. The summed E-state index contributed by atoms with van der Waals surface area (Å²) in [6.07, 6.45) is 71.9. The van der Waals surface area contributed by atoms with Crippen molar-refractivity contribution in [2.45, 2.75) is 294 Å². The third kappa shape index (κ3) is 45.8. The van der Waals surface area contributed by atoms with Crippen molar-refractivity contribution in [3.8, 4) is 0 Å². The van der Waals surface area contributed by atoms with Gasteiger partial charge in [0.15, 0.2) is 12.4 Å². The van der Waals surface area contributed by atoms with E-state index >= 15 is 0 Å². The first kappa shape index (κ1) is 76.8. The third-order valence-corrected chi connectivity index (χ3v) is 14.5. The molecule has 11 heteroatoms. The highest BCUT2D eigenvalue weighted by atomic mass is 16.7. The second kappa shape index (κ2) is 58.2. The van der Waals surface area contributed by atoms with Crippen molar-refractivity contribution in [1.29, 1.82) is 0 Å². The lowest BCUT2D eigenvalue weighted by Crippen LogP contribution is -2.61. The SMILES string of the molecule is CC/C=C\C/C=C\C/C=C\C/C=C\C/C=C\CCCCCCCCC(O)C(=O)NC(COC1OC(CO)C(O)C(O)C1OC(=O)CCCCCCC/C=C\C/C=C\C/C=C\C/C=C\C/C=C\CC)C(O)/C=C/CCCCCCCCCCC. The first-order valence-electron chi connectivity index (χ1n) is 33.0. The zero-order valence-corrected chi connectivity index (χ0v) is 52.3. The predicted molar refractivity (Wildman–Crippen MR) is 347 cm³/mol. The van der Waals surface area contributed by atoms with E-state index in [-0.39, 0.29) is 19.4 Å². The van der Waals surface area contributed by atoms with Gasteiger partial charge in [0.25, 0.3) is 0 Å². The fraction of sp³-hybridized carbons (Fsp3) is 0.667. The molecule has 1 aliphatic heterocycles. The van der Waals surface area contributed by atoms with Crippen molar-refractivity contribution in [2.75, 3.05) is 13.2 Å². The molecule has 472 valence electrons. The number of hydrogen-bond acceptors (Lipinski definition) is 10. The molecule has 0 aromatic heterocycles. The molecule has 0 aliphatic carbocycles. The van der Waals surface area contributed by atoms with Crippen LogP contribution in [-0.2, 0) is 23.8 Å². The Morgan fingerprint density at radius 1 is 0.482 bits per heavy atom. The lowest BCUT2D eigenvalue weighted by molar-refractivity contribution is -0.305. The zero-order valence-electron chi connectivity index (χ0n) is 52.3. The fourth-order valence-corrected chi connectivity index (χ4v) is 9.41. The summed E-state index contributed by atoms with van der Waals surface area (Å²) in [4.78, 5) is 26.6. The van der Waals surface area contributed by atoms with Crippen LogP contribution in [-0.4, -0.2) is 99.6 Å². The van der Waals surface area contributed by atoms with E-state index in [0.717, 1.165) is 161 Å². The molecule has 0 spiro atoms. The molecule has 1 fully saturated rings. The number of ether oxygens (including phenoxy) is 3. The number of amides is 1. The van der Waals surface area contributed by atoms with Gasteiger partial charge in [0.2, 0.25) is 5.91 Å². The molecular formula is C72H119NO10. The van der Waals surface area contributed by atoms with E-state index in [1.54, 1.807) is 6.08 Å². The van der Waals surface area contributed by atoms with Gasteiger partial charge in [-0.25, -0.2) is 0 Å². The Morgan fingerprint density at radius 2 is 0.867 bits per heavy atom. The molecular weight excluding hydrogens is 1040 g/mol. The van der Waals surface area contributed by atoms with Gasteiger partial charge in [-0.05, 0) is 116 Å². The Hall–Kier alpha value is -4.20. The molecule has 1 heterocycles. The van der Waals surface area contributed by atoms with Crippen molar-refractivity contribution in [3.05, 3.63) is 134 Å². The maximum Gasteiger partial charge on any atom is 0.306 e. The van der Waals surface area contributed by atoms with Gasteiger partial charge in [0, 0.05) is 6.42 Å². The molecule has 8 unspecified atom stereocenters. The summed E-state index contributed by atoms with van der Waals surface area (Å²) in [5.41, 5.74) is 0. The van der Waals surface area contributed by atoms with E-state index in [2.05, 4.69) is 148 Å². The van der Waals surface area contributed by atoms with E-state index in [9.17, 15) is 35.1 Å². The minimum absolute atomic E-state index is 0.0923. The lowest BCUT2D eigenvalue weighted by atomic mass is 9.99. The van der Waals surface area contributed by atoms with Crippen LogP contribution >= 0.6 is 0 Å². The smallest absolute Gasteiger partial charge is 0.306 e. The summed E-state index contributed by atoms with van der Waals surface area (Å²) < 4.78 is 17.6. The van der Waals surface area contributed by atoms with E-state index in [4.69, 9.17) is 14.2 Å². The highest BCUT2D eigenvalue weighted by Crippen LogP contribution is 2.26. The van der Waals surface area contributed by atoms with E-state index < -0.39 is 67.4 Å². The van der Waals surface area contributed by atoms with E-state index in [1.807, 2.05) is 6.08 Å². The second-order valence-electron chi connectivity index (χ2n) is 22.1. The van der Waals surface area contributed by atoms with Crippen molar-refractivity contribution in [1.82, 2.24) is 5.32 Å². The number of unbranched alkanes of at least 4 members (excludes halogenated alkanes) is 20. The van der Waals surface area contributed by atoms with Crippen LogP contribution in [0.25, 0.3) is 0 Å². The van der Waals surface area contributed by atoms with Gasteiger partial charge in [0.05, 0.1) is 25.4 Å². The summed E-state index contributed by atoms with van der Waals surface area (Å²) >= 11 is 0. The number of carbonyl (C=O) groups is 2. The summed E-state index contributed by atoms with van der Waals surface area (Å²) in [5, 5.41) is 57.1. The number of aliphatic hydroxyl groups is 5. The van der Waals surface area contributed by atoms with Crippen LogP contribution in [0.4, 0.5) is 0 Å². The summed E-state index contributed by atoms with van der Waals surface area (Å²) in [6, 6.07) is -1.04. The maximum atomic E-state index is 13.5. The number of allylic oxidation sites excluding steroid dienone is 21. The molecule has 0 radical (unpaired) electrons. The molecule has 0 aromatic carbocycles. The largest absolute Gasteiger partial charge is 0.454 e. The summed E-state index contributed by atoms with van der Waals surface area (Å²) in [5.74, 6) is -1.24. The van der Waals surface area contributed by atoms with Gasteiger partial charge in [0.1, 0.15) is 24.4 Å². The normalized spacial score (nSPS) is 19.4. The van der Waals surface area contributed by atoms with Gasteiger partial charge >= 0.3 is 5.97 Å². The molecule has 0 bridgehead atoms. The molecule has 11 nitrogen and oxygen atoms in total. The predicted octanol–water partition coefficient (Wildman–Crippen LogP) is 16.4. The molecule has 0 saturated carbocycles. The molecule has 1 amide bonds. The Kier molecular flexibility index (Phi) is 53.9. The third-order valence-electron chi connectivity index (χ3n) is 14.5. The summed E-state index contributed by atoms with van der Waals surface area (Å²) in [6.45, 7) is 5.53. The molecule has 8 atom stereocenters. The van der Waals surface area contributed by atoms with Crippen LogP contribution in [0.2, 0.25) is 0 Å². The van der Waals surface area contributed by atoms with Gasteiger partial charge in [-0.15, -0.1) is 0 Å². The van der Waals surface area contributed by atoms with Crippen LogP contribution < -0.4 is 5.32 Å². The number of esters is 1. The van der Waals surface area contributed by atoms with Gasteiger partial charge in [-0.3, -0.25) is 9.59 Å². The number of carbonyl (C=O) groups excluding carboxylic acids is 2. The van der Waals surface area contributed by atoms with E-state index in [0.29, 0.717) is 12.8 Å². The van der Waals surface area contributed by atoms with Gasteiger partial charge < -0.3 is 45.1 Å². The summed E-state index contributed by atoms with van der Waals surface area (Å²) in [7, 11) is 0. The first-order chi connectivity index (χ1) is 40.7. The van der Waals surface area contributed by atoms with Crippen LogP contribution in [0.5, 0.6) is 0 Å². The minimum atomic E-state index is -1.63. The van der Waals surface area contributed by atoms with Crippen LogP contribution in [0.3, 0.4) is 0 Å². The van der Waals surface area contributed by atoms with Gasteiger partial charge in [-0.1, -0.05) is 257 Å². The molecule has 83 heavy (non-hydrogen) atoms. The van der Waals surface area contributed by atoms with Crippen molar-refractivity contribution >= 4 is 11.9 Å². The average molecular weight is 1160 g/mol. The van der Waals surface area contributed by atoms with Gasteiger partial charge in [-0.2, -0.15) is 0 Å². The topological polar surface area (TPSA) is 175 Å².